The van der Waals surface area contributed by atoms with Gasteiger partial charge in [-0.05, 0) is 18.7 Å². The van der Waals surface area contributed by atoms with Crippen molar-refractivity contribution in [3.8, 4) is 0 Å². The van der Waals surface area contributed by atoms with Crippen LogP contribution in [0.25, 0.3) is 0 Å². The summed E-state index contributed by atoms with van der Waals surface area (Å²) >= 11 is 1.55. The van der Waals surface area contributed by atoms with Gasteiger partial charge in [0.15, 0.2) is 0 Å². The van der Waals surface area contributed by atoms with Crippen LogP contribution < -0.4 is 5.32 Å². The molecule has 17 heavy (non-hydrogen) atoms. The Hall–Kier alpha value is -1.33. The molecule has 2 aromatic rings. The Morgan fingerprint density at radius 1 is 1.24 bits per heavy atom. The highest BCUT2D eigenvalue weighted by Gasteiger charge is 2.07. The van der Waals surface area contributed by atoms with E-state index in [1.165, 1.54) is 6.07 Å². The molecule has 1 N–H and O–H groups in total. The number of aromatic nitrogens is 2. The molecule has 1 aromatic carbocycles. The zero-order chi connectivity index (χ0) is 12.1. The van der Waals surface area contributed by atoms with Gasteiger partial charge in [-0.1, -0.05) is 18.2 Å². The van der Waals surface area contributed by atoms with E-state index in [2.05, 4.69) is 15.5 Å². The highest BCUT2D eigenvalue weighted by Crippen LogP contribution is 2.16. The summed E-state index contributed by atoms with van der Waals surface area (Å²) in [6.45, 7) is 0.883. The van der Waals surface area contributed by atoms with E-state index >= 15 is 0 Å². The summed E-state index contributed by atoms with van der Waals surface area (Å²) in [5.74, 6) is -0.181. The fourth-order valence-electron chi connectivity index (χ4n) is 1.50. The van der Waals surface area contributed by atoms with Crippen LogP contribution in [0.1, 0.15) is 15.6 Å². The lowest BCUT2D eigenvalue weighted by atomic mass is 10.1. The van der Waals surface area contributed by atoms with Gasteiger partial charge in [-0.2, -0.15) is 0 Å². The second-order valence-corrected chi connectivity index (χ2v) is 4.86. The minimum absolute atomic E-state index is 0.181. The maximum atomic E-state index is 13.4. The van der Waals surface area contributed by atoms with Crippen molar-refractivity contribution in [1.82, 2.24) is 15.5 Å². The van der Waals surface area contributed by atoms with Crippen LogP contribution >= 0.6 is 11.3 Å². The molecule has 0 radical (unpaired) electrons. The fourth-order valence-corrected chi connectivity index (χ4v) is 2.36. The maximum absolute atomic E-state index is 13.4. The van der Waals surface area contributed by atoms with E-state index < -0.39 is 0 Å². The lowest BCUT2D eigenvalue weighted by Crippen LogP contribution is -2.09. The van der Waals surface area contributed by atoms with Crippen molar-refractivity contribution in [1.29, 1.82) is 0 Å². The van der Waals surface area contributed by atoms with Crippen LogP contribution in [0.2, 0.25) is 0 Å². The van der Waals surface area contributed by atoms with E-state index in [-0.39, 0.29) is 5.82 Å². The summed E-state index contributed by atoms with van der Waals surface area (Å²) in [6.07, 6.45) is 1.38. The molecule has 0 spiro atoms. The van der Waals surface area contributed by atoms with E-state index in [1.54, 1.807) is 23.5 Å². The van der Waals surface area contributed by atoms with Gasteiger partial charge < -0.3 is 5.32 Å². The van der Waals surface area contributed by atoms with Gasteiger partial charge in [0.05, 0.1) is 0 Å². The van der Waals surface area contributed by atoms with Gasteiger partial charge in [0.25, 0.3) is 0 Å². The predicted octanol–water partition coefficient (Wildman–Crippen LogP) is 2.03. The van der Waals surface area contributed by atoms with Crippen LogP contribution in [-0.2, 0) is 12.8 Å². The Balaban J connectivity index is 2.04. The van der Waals surface area contributed by atoms with Crippen molar-refractivity contribution in [2.45, 2.75) is 12.8 Å². The lowest BCUT2D eigenvalue weighted by Gasteiger charge is -1.98. The van der Waals surface area contributed by atoms with Crippen molar-refractivity contribution >= 4 is 11.3 Å². The van der Waals surface area contributed by atoms with E-state index in [0.717, 1.165) is 23.0 Å². The van der Waals surface area contributed by atoms with Gasteiger partial charge in [-0.25, -0.2) is 4.39 Å². The fraction of sp³-hybridized carbons (Fsp3) is 0.333. The molecule has 0 aliphatic rings. The van der Waals surface area contributed by atoms with Crippen molar-refractivity contribution in [3.63, 3.8) is 0 Å². The molecule has 0 unspecified atom stereocenters. The molecule has 0 bridgehead atoms. The molecule has 0 saturated carbocycles. The van der Waals surface area contributed by atoms with Gasteiger partial charge in [0, 0.05) is 19.4 Å². The number of hydrogen-bond acceptors (Lipinski definition) is 4. The Morgan fingerprint density at radius 2 is 2.00 bits per heavy atom. The average molecular weight is 251 g/mol. The topological polar surface area (TPSA) is 37.8 Å². The zero-order valence-electron chi connectivity index (χ0n) is 9.61. The Kier molecular flexibility index (Phi) is 4.17. The monoisotopic (exact) mass is 251 g/mol. The van der Waals surface area contributed by atoms with E-state index in [9.17, 15) is 4.39 Å². The normalized spacial score (nSPS) is 10.7. The SMILES string of the molecule is CNCCc1nnc(Cc2ccccc2F)s1. The second kappa shape index (κ2) is 5.84. The van der Waals surface area contributed by atoms with Gasteiger partial charge in [0.2, 0.25) is 0 Å². The van der Waals surface area contributed by atoms with Gasteiger partial charge in [0.1, 0.15) is 15.8 Å². The molecule has 3 nitrogen and oxygen atoms in total. The zero-order valence-corrected chi connectivity index (χ0v) is 10.4. The molecule has 0 saturated heterocycles. The largest absolute Gasteiger partial charge is 0.319 e. The van der Waals surface area contributed by atoms with E-state index in [4.69, 9.17) is 0 Å². The molecule has 1 aromatic heterocycles. The third-order valence-electron chi connectivity index (χ3n) is 2.40. The Labute approximate surface area is 104 Å². The Bertz CT molecular complexity index is 484. The molecule has 0 atom stereocenters. The Morgan fingerprint density at radius 3 is 2.76 bits per heavy atom. The first-order valence-electron chi connectivity index (χ1n) is 5.49. The number of nitrogens with zero attached hydrogens (tertiary/aromatic N) is 2. The number of halogens is 1. The van der Waals surface area contributed by atoms with Crippen molar-refractivity contribution in [2.24, 2.45) is 0 Å². The summed E-state index contributed by atoms with van der Waals surface area (Å²) in [6, 6.07) is 6.78. The average Bonchev–Trinajstić information content (AvgIpc) is 2.77. The minimum Gasteiger partial charge on any atom is -0.319 e. The van der Waals surface area contributed by atoms with E-state index in [1.807, 2.05) is 13.1 Å². The van der Waals surface area contributed by atoms with Crippen LogP contribution in [0.3, 0.4) is 0 Å². The number of hydrogen-bond donors (Lipinski definition) is 1. The molecular weight excluding hydrogens is 237 g/mol. The summed E-state index contributed by atoms with van der Waals surface area (Å²) < 4.78 is 13.4. The number of rotatable bonds is 5. The number of nitrogens with one attached hydrogen (secondary N) is 1. The van der Waals surface area contributed by atoms with Gasteiger partial charge in [-0.15, -0.1) is 21.5 Å². The van der Waals surface area contributed by atoms with Gasteiger partial charge >= 0.3 is 0 Å². The molecule has 2 rings (SSSR count). The highest BCUT2D eigenvalue weighted by atomic mass is 32.1. The summed E-state index contributed by atoms with van der Waals surface area (Å²) in [4.78, 5) is 0. The molecule has 0 amide bonds. The first-order valence-corrected chi connectivity index (χ1v) is 6.30. The van der Waals surface area contributed by atoms with Crippen LogP contribution in [0.15, 0.2) is 24.3 Å². The molecule has 5 heteroatoms. The molecule has 90 valence electrons. The number of benzene rings is 1. The summed E-state index contributed by atoms with van der Waals surface area (Å²) in [5.41, 5.74) is 0.670. The summed E-state index contributed by atoms with van der Waals surface area (Å²) in [7, 11) is 1.90. The molecule has 0 aliphatic heterocycles. The van der Waals surface area contributed by atoms with E-state index in [0.29, 0.717) is 12.0 Å². The highest BCUT2D eigenvalue weighted by molar-refractivity contribution is 7.11. The van der Waals surface area contributed by atoms with Gasteiger partial charge in [-0.3, -0.25) is 0 Å². The third-order valence-corrected chi connectivity index (χ3v) is 3.38. The lowest BCUT2D eigenvalue weighted by molar-refractivity contribution is 0.613. The number of likely N-dealkylation sites (N-methyl/N-ethyl adjacent to an activating group) is 1. The van der Waals surface area contributed by atoms with Crippen molar-refractivity contribution < 1.29 is 4.39 Å². The molecule has 0 aliphatic carbocycles. The quantitative estimate of drug-likeness (QED) is 0.883. The molecule has 0 fully saturated rings. The van der Waals surface area contributed by atoms with Crippen LogP contribution in [0.5, 0.6) is 0 Å². The van der Waals surface area contributed by atoms with Crippen molar-refractivity contribution in [3.05, 3.63) is 45.7 Å². The molecule has 1 heterocycles. The van der Waals surface area contributed by atoms with Crippen LogP contribution in [0, 0.1) is 5.82 Å². The standard InChI is InChI=1S/C12H14FN3S/c1-14-7-6-11-15-16-12(17-11)8-9-4-2-3-5-10(9)13/h2-5,14H,6-8H2,1H3. The minimum atomic E-state index is -0.181. The second-order valence-electron chi connectivity index (χ2n) is 3.71. The molecular formula is C12H14FN3S. The smallest absolute Gasteiger partial charge is 0.126 e. The van der Waals surface area contributed by atoms with Crippen LogP contribution in [-0.4, -0.2) is 23.8 Å². The van der Waals surface area contributed by atoms with Crippen molar-refractivity contribution in [2.75, 3.05) is 13.6 Å². The van der Waals surface area contributed by atoms with Crippen LogP contribution in [0.4, 0.5) is 4.39 Å². The summed E-state index contributed by atoms with van der Waals surface area (Å²) in [5, 5.41) is 13.1. The third kappa shape index (κ3) is 3.31. The predicted molar refractivity (Wildman–Crippen MR) is 66.7 cm³/mol. The first kappa shape index (κ1) is 12.1. The first-order chi connectivity index (χ1) is 8.29. The maximum Gasteiger partial charge on any atom is 0.126 e.